The Morgan fingerprint density at radius 1 is 1.27 bits per heavy atom. The first-order valence-electron chi connectivity index (χ1n) is 4.47. The SMILES string of the molecule is CC1CC(C)N(C(C)(C)C)N1. The van der Waals surface area contributed by atoms with Gasteiger partial charge in [-0.1, -0.05) is 0 Å². The summed E-state index contributed by atoms with van der Waals surface area (Å²) in [5.41, 5.74) is 3.73. The van der Waals surface area contributed by atoms with Gasteiger partial charge in [-0.2, -0.15) is 0 Å². The van der Waals surface area contributed by atoms with E-state index in [-0.39, 0.29) is 5.54 Å². The summed E-state index contributed by atoms with van der Waals surface area (Å²) in [4.78, 5) is 0. The number of hydrogen-bond donors (Lipinski definition) is 1. The maximum atomic E-state index is 3.48. The maximum Gasteiger partial charge on any atom is 0.0273 e. The van der Waals surface area contributed by atoms with Gasteiger partial charge in [-0.25, -0.2) is 5.01 Å². The van der Waals surface area contributed by atoms with Crippen LogP contribution >= 0.6 is 0 Å². The quantitative estimate of drug-likeness (QED) is 0.575. The summed E-state index contributed by atoms with van der Waals surface area (Å²) in [6.45, 7) is 11.3. The molecule has 1 aliphatic heterocycles. The molecular formula is C9H20N2. The predicted molar refractivity (Wildman–Crippen MR) is 48.3 cm³/mol. The number of hydrazine groups is 1. The molecule has 0 saturated carbocycles. The first-order chi connectivity index (χ1) is 4.91. The Morgan fingerprint density at radius 3 is 2.00 bits per heavy atom. The summed E-state index contributed by atoms with van der Waals surface area (Å²) in [5, 5.41) is 2.36. The van der Waals surface area contributed by atoms with E-state index in [1.165, 1.54) is 6.42 Å². The zero-order valence-corrected chi connectivity index (χ0v) is 8.31. The van der Waals surface area contributed by atoms with Gasteiger partial charge in [-0.15, -0.1) is 0 Å². The van der Waals surface area contributed by atoms with Gasteiger partial charge in [-0.3, -0.25) is 5.43 Å². The van der Waals surface area contributed by atoms with Crippen molar-refractivity contribution in [2.24, 2.45) is 0 Å². The van der Waals surface area contributed by atoms with Crippen LogP contribution in [0.15, 0.2) is 0 Å². The maximum absolute atomic E-state index is 3.48. The van der Waals surface area contributed by atoms with E-state index in [1.807, 2.05) is 0 Å². The van der Waals surface area contributed by atoms with Crippen LogP contribution in [-0.4, -0.2) is 22.6 Å². The Hall–Kier alpha value is -0.0800. The fraction of sp³-hybridized carbons (Fsp3) is 1.00. The minimum atomic E-state index is 0.254. The zero-order chi connectivity index (χ0) is 8.65. The van der Waals surface area contributed by atoms with Gasteiger partial charge in [0.1, 0.15) is 0 Å². The molecule has 0 aromatic heterocycles. The van der Waals surface area contributed by atoms with Crippen LogP contribution in [-0.2, 0) is 0 Å². The van der Waals surface area contributed by atoms with Crippen molar-refractivity contribution in [1.82, 2.24) is 10.4 Å². The zero-order valence-electron chi connectivity index (χ0n) is 8.31. The van der Waals surface area contributed by atoms with Crippen molar-refractivity contribution in [2.75, 3.05) is 0 Å². The van der Waals surface area contributed by atoms with E-state index in [1.54, 1.807) is 0 Å². The molecule has 1 saturated heterocycles. The molecule has 2 nitrogen and oxygen atoms in total. The van der Waals surface area contributed by atoms with Crippen molar-refractivity contribution in [3.63, 3.8) is 0 Å². The van der Waals surface area contributed by atoms with Gasteiger partial charge in [0.05, 0.1) is 0 Å². The molecule has 1 fully saturated rings. The molecule has 0 amide bonds. The lowest BCUT2D eigenvalue weighted by molar-refractivity contribution is 0.0711. The number of hydrogen-bond acceptors (Lipinski definition) is 2. The summed E-state index contributed by atoms with van der Waals surface area (Å²) in [7, 11) is 0. The molecule has 66 valence electrons. The van der Waals surface area contributed by atoms with Crippen molar-refractivity contribution >= 4 is 0 Å². The average Bonchev–Trinajstić information content (AvgIpc) is 2.08. The highest BCUT2D eigenvalue weighted by Crippen LogP contribution is 2.22. The van der Waals surface area contributed by atoms with Crippen LogP contribution in [0.25, 0.3) is 0 Å². The smallest absolute Gasteiger partial charge is 0.0273 e. The molecule has 2 heteroatoms. The number of nitrogens with one attached hydrogen (secondary N) is 1. The highest BCUT2D eigenvalue weighted by Gasteiger charge is 2.33. The summed E-state index contributed by atoms with van der Waals surface area (Å²) in [5.74, 6) is 0. The summed E-state index contributed by atoms with van der Waals surface area (Å²) in [6, 6.07) is 1.31. The van der Waals surface area contributed by atoms with Gasteiger partial charge in [0.15, 0.2) is 0 Å². The molecule has 0 aromatic carbocycles. The van der Waals surface area contributed by atoms with Crippen LogP contribution < -0.4 is 5.43 Å². The molecule has 0 aliphatic carbocycles. The number of rotatable bonds is 0. The molecule has 0 radical (unpaired) electrons. The largest absolute Gasteiger partial charge is 0.252 e. The van der Waals surface area contributed by atoms with Gasteiger partial charge in [0.25, 0.3) is 0 Å². The second-order valence-corrected chi connectivity index (χ2v) is 4.66. The second kappa shape index (κ2) is 2.76. The van der Waals surface area contributed by atoms with Crippen LogP contribution in [0.2, 0.25) is 0 Å². The lowest BCUT2D eigenvalue weighted by Gasteiger charge is -2.35. The molecular weight excluding hydrogens is 136 g/mol. The Kier molecular flexibility index (Phi) is 2.26. The molecule has 2 unspecified atom stereocenters. The highest BCUT2D eigenvalue weighted by molar-refractivity contribution is 4.86. The van der Waals surface area contributed by atoms with Crippen LogP contribution in [0.4, 0.5) is 0 Å². The van der Waals surface area contributed by atoms with E-state index >= 15 is 0 Å². The van der Waals surface area contributed by atoms with Gasteiger partial charge < -0.3 is 0 Å². The Labute approximate surface area is 69.9 Å². The van der Waals surface area contributed by atoms with Gasteiger partial charge >= 0.3 is 0 Å². The monoisotopic (exact) mass is 156 g/mol. The van der Waals surface area contributed by atoms with Gasteiger partial charge in [0, 0.05) is 17.6 Å². The summed E-state index contributed by atoms with van der Waals surface area (Å²) in [6.07, 6.45) is 1.26. The highest BCUT2D eigenvalue weighted by atomic mass is 15.6. The minimum absolute atomic E-state index is 0.254. The molecule has 11 heavy (non-hydrogen) atoms. The van der Waals surface area contributed by atoms with Crippen LogP contribution in [0.5, 0.6) is 0 Å². The molecule has 1 N–H and O–H groups in total. The van der Waals surface area contributed by atoms with E-state index in [4.69, 9.17) is 0 Å². The minimum Gasteiger partial charge on any atom is -0.252 e. The average molecular weight is 156 g/mol. The Bertz CT molecular complexity index is 137. The summed E-state index contributed by atoms with van der Waals surface area (Å²) >= 11 is 0. The predicted octanol–water partition coefficient (Wildman–Crippen LogP) is 1.77. The van der Waals surface area contributed by atoms with E-state index in [0.29, 0.717) is 12.1 Å². The Morgan fingerprint density at radius 2 is 1.82 bits per heavy atom. The molecule has 0 aromatic rings. The first kappa shape index (κ1) is 9.01. The molecule has 1 heterocycles. The number of nitrogens with zero attached hydrogens (tertiary/aromatic N) is 1. The molecule has 1 rings (SSSR count). The third-order valence-corrected chi connectivity index (χ3v) is 2.22. The van der Waals surface area contributed by atoms with Gasteiger partial charge in [-0.05, 0) is 41.0 Å². The standard InChI is InChI=1S/C9H20N2/c1-7-6-8(2)11(10-7)9(3,4)5/h7-8,10H,6H2,1-5H3. The first-order valence-corrected chi connectivity index (χ1v) is 4.47. The van der Waals surface area contributed by atoms with Crippen LogP contribution in [0.1, 0.15) is 41.0 Å². The van der Waals surface area contributed by atoms with Crippen molar-refractivity contribution in [2.45, 2.75) is 58.7 Å². The topological polar surface area (TPSA) is 15.3 Å². The van der Waals surface area contributed by atoms with Crippen molar-refractivity contribution < 1.29 is 0 Å². The molecule has 2 atom stereocenters. The van der Waals surface area contributed by atoms with E-state index < -0.39 is 0 Å². The third-order valence-electron chi connectivity index (χ3n) is 2.22. The summed E-state index contributed by atoms with van der Waals surface area (Å²) < 4.78 is 0. The van der Waals surface area contributed by atoms with E-state index in [2.05, 4.69) is 45.1 Å². The normalized spacial score (nSPS) is 34.6. The van der Waals surface area contributed by atoms with Crippen molar-refractivity contribution in [3.8, 4) is 0 Å². The van der Waals surface area contributed by atoms with Crippen molar-refractivity contribution in [1.29, 1.82) is 0 Å². The molecule has 1 aliphatic rings. The van der Waals surface area contributed by atoms with Crippen molar-refractivity contribution in [3.05, 3.63) is 0 Å². The fourth-order valence-corrected chi connectivity index (χ4v) is 1.89. The lowest BCUT2D eigenvalue weighted by Crippen LogP contribution is -2.50. The third kappa shape index (κ3) is 1.94. The van der Waals surface area contributed by atoms with E-state index in [9.17, 15) is 0 Å². The lowest BCUT2D eigenvalue weighted by atomic mass is 10.1. The second-order valence-electron chi connectivity index (χ2n) is 4.66. The molecule has 0 bridgehead atoms. The fourth-order valence-electron chi connectivity index (χ4n) is 1.89. The Balaban J connectivity index is 2.60. The van der Waals surface area contributed by atoms with Crippen LogP contribution in [0.3, 0.4) is 0 Å². The molecule has 0 spiro atoms. The van der Waals surface area contributed by atoms with Gasteiger partial charge in [0.2, 0.25) is 0 Å². The van der Waals surface area contributed by atoms with E-state index in [0.717, 1.165) is 0 Å². The van der Waals surface area contributed by atoms with Crippen LogP contribution in [0, 0.1) is 0 Å².